The molecule has 2 N–H and O–H groups in total. The van der Waals surface area contributed by atoms with Gasteiger partial charge >= 0.3 is 0 Å². The molecule has 1 atom stereocenters. The van der Waals surface area contributed by atoms with Crippen molar-refractivity contribution in [3.05, 3.63) is 83.3 Å². The Bertz CT molecular complexity index is 1220. The van der Waals surface area contributed by atoms with Gasteiger partial charge in [-0.25, -0.2) is 14.4 Å². The van der Waals surface area contributed by atoms with Crippen molar-refractivity contribution in [1.29, 1.82) is 0 Å². The molecule has 0 saturated carbocycles. The molecule has 0 spiro atoms. The predicted molar refractivity (Wildman–Crippen MR) is 116 cm³/mol. The van der Waals surface area contributed by atoms with Crippen LogP contribution < -0.4 is 5.32 Å². The third-order valence-corrected chi connectivity index (χ3v) is 5.06. The molecule has 0 radical (unpaired) electrons. The van der Waals surface area contributed by atoms with E-state index in [-0.39, 0.29) is 18.5 Å². The SMILES string of the molecule is Cc1cn(-c2ccc(-c3cc(C)c(N[C@@H](C)c4ccccc4F)nn3)nc2CO)cn1. The van der Waals surface area contributed by atoms with Crippen molar-refractivity contribution < 1.29 is 9.50 Å². The van der Waals surface area contributed by atoms with Crippen LogP contribution in [0.5, 0.6) is 0 Å². The van der Waals surface area contributed by atoms with Crippen LogP contribution >= 0.6 is 0 Å². The van der Waals surface area contributed by atoms with Crippen LogP contribution in [0.2, 0.25) is 0 Å². The number of nitrogens with zero attached hydrogens (tertiary/aromatic N) is 5. The Balaban J connectivity index is 1.60. The zero-order valence-corrected chi connectivity index (χ0v) is 17.5. The molecule has 0 aliphatic rings. The average Bonchev–Trinajstić information content (AvgIpc) is 3.21. The van der Waals surface area contributed by atoms with E-state index >= 15 is 0 Å². The van der Waals surface area contributed by atoms with E-state index in [1.54, 1.807) is 24.5 Å². The van der Waals surface area contributed by atoms with Crippen molar-refractivity contribution in [1.82, 2.24) is 24.7 Å². The average molecular weight is 418 g/mol. The number of aliphatic hydroxyl groups is 1. The molecule has 8 heteroatoms. The minimum atomic E-state index is -0.267. The largest absolute Gasteiger partial charge is 0.390 e. The molecular formula is C23H23FN6O. The number of anilines is 1. The molecule has 158 valence electrons. The second-order valence-corrected chi connectivity index (χ2v) is 7.39. The lowest BCUT2D eigenvalue weighted by molar-refractivity contribution is 0.276. The van der Waals surface area contributed by atoms with Gasteiger partial charge in [-0.05, 0) is 50.6 Å². The summed E-state index contributed by atoms with van der Waals surface area (Å²) in [4.78, 5) is 8.79. The monoisotopic (exact) mass is 418 g/mol. The first-order valence-electron chi connectivity index (χ1n) is 9.93. The maximum atomic E-state index is 14.0. The number of hydrogen-bond donors (Lipinski definition) is 2. The van der Waals surface area contributed by atoms with Gasteiger partial charge in [-0.2, -0.15) is 0 Å². The van der Waals surface area contributed by atoms with Gasteiger partial charge in [0, 0.05) is 11.8 Å². The fourth-order valence-electron chi connectivity index (χ4n) is 3.40. The predicted octanol–water partition coefficient (Wildman–Crippen LogP) is 4.15. The number of pyridine rings is 1. The fraction of sp³-hybridized carbons (Fsp3) is 0.217. The topological polar surface area (TPSA) is 88.8 Å². The summed E-state index contributed by atoms with van der Waals surface area (Å²) < 4.78 is 15.9. The van der Waals surface area contributed by atoms with Gasteiger partial charge in [0.15, 0.2) is 5.82 Å². The van der Waals surface area contributed by atoms with Gasteiger partial charge in [-0.3, -0.25) is 0 Å². The molecule has 3 aromatic heterocycles. The Morgan fingerprint density at radius 2 is 1.90 bits per heavy atom. The summed E-state index contributed by atoms with van der Waals surface area (Å²) in [6.45, 7) is 5.47. The lowest BCUT2D eigenvalue weighted by Crippen LogP contribution is -2.11. The summed E-state index contributed by atoms with van der Waals surface area (Å²) in [7, 11) is 0. The number of benzene rings is 1. The number of rotatable bonds is 6. The number of aryl methyl sites for hydroxylation is 2. The molecule has 4 aromatic rings. The van der Waals surface area contributed by atoms with E-state index in [4.69, 9.17) is 0 Å². The second kappa shape index (κ2) is 8.61. The number of nitrogens with one attached hydrogen (secondary N) is 1. The van der Waals surface area contributed by atoms with Gasteiger partial charge in [0.1, 0.15) is 11.5 Å². The Morgan fingerprint density at radius 1 is 1.10 bits per heavy atom. The Labute approximate surface area is 179 Å². The number of aromatic nitrogens is 5. The first kappa shape index (κ1) is 20.6. The van der Waals surface area contributed by atoms with Crippen molar-refractivity contribution in [2.75, 3.05) is 5.32 Å². The van der Waals surface area contributed by atoms with Crippen LogP contribution in [0.25, 0.3) is 17.1 Å². The van der Waals surface area contributed by atoms with Crippen molar-refractivity contribution in [2.45, 2.75) is 33.4 Å². The number of imidazole rings is 1. The Kier molecular flexibility index (Phi) is 5.73. The normalized spacial score (nSPS) is 12.0. The molecule has 31 heavy (non-hydrogen) atoms. The molecule has 0 bridgehead atoms. The summed E-state index contributed by atoms with van der Waals surface area (Å²) in [5, 5.41) is 21.6. The molecule has 4 rings (SSSR count). The molecule has 0 aliphatic carbocycles. The molecule has 3 heterocycles. The highest BCUT2D eigenvalue weighted by Gasteiger charge is 2.15. The van der Waals surface area contributed by atoms with Gasteiger partial charge < -0.3 is 15.0 Å². The van der Waals surface area contributed by atoms with E-state index in [0.717, 1.165) is 16.9 Å². The molecule has 7 nitrogen and oxygen atoms in total. The molecule has 0 amide bonds. The summed E-state index contributed by atoms with van der Waals surface area (Å²) >= 11 is 0. The third-order valence-electron chi connectivity index (χ3n) is 5.06. The number of halogens is 1. The minimum Gasteiger partial charge on any atom is -0.390 e. The maximum absolute atomic E-state index is 14.0. The lowest BCUT2D eigenvalue weighted by atomic mass is 10.1. The number of hydrogen-bond acceptors (Lipinski definition) is 6. The van der Waals surface area contributed by atoms with E-state index in [0.29, 0.717) is 28.5 Å². The van der Waals surface area contributed by atoms with Crippen molar-refractivity contribution in [2.24, 2.45) is 0 Å². The Hall–Kier alpha value is -3.65. The first-order valence-corrected chi connectivity index (χ1v) is 9.93. The van der Waals surface area contributed by atoms with E-state index in [2.05, 4.69) is 25.5 Å². The zero-order valence-electron chi connectivity index (χ0n) is 17.5. The summed E-state index contributed by atoms with van der Waals surface area (Å²) in [5.41, 5.74) is 4.77. The smallest absolute Gasteiger partial charge is 0.152 e. The second-order valence-electron chi connectivity index (χ2n) is 7.39. The van der Waals surface area contributed by atoms with Crippen LogP contribution in [0.3, 0.4) is 0 Å². The van der Waals surface area contributed by atoms with Crippen LogP contribution in [0, 0.1) is 19.7 Å². The van der Waals surface area contributed by atoms with Crippen LogP contribution in [0.1, 0.15) is 35.5 Å². The zero-order chi connectivity index (χ0) is 22.0. The summed E-state index contributed by atoms with van der Waals surface area (Å²) in [6, 6.07) is 12.0. The maximum Gasteiger partial charge on any atom is 0.152 e. The van der Waals surface area contributed by atoms with Gasteiger partial charge in [0.05, 0.1) is 41.7 Å². The highest BCUT2D eigenvalue weighted by Crippen LogP contribution is 2.25. The van der Waals surface area contributed by atoms with Gasteiger partial charge in [0.2, 0.25) is 0 Å². The summed E-state index contributed by atoms with van der Waals surface area (Å²) in [5.74, 6) is 0.311. The van der Waals surface area contributed by atoms with Crippen LogP contribution in [-0.2, 0) is 6.61 Å². The van der Waals surface area contributed by atoms with Crippen LogP contribution in [0.15, 0.2) is 55.0 Å². The Morgan fingerprint density at radius 3 is 2.58 bits per heavy atom. The van der Waals surface area contributed by atoms with E-state index < -0.39 is 0 Å². The van der Waals surface area contributed by atoms with Gasteiger partial charge in [-0.15, -0.1) is 10.2 Å². The highest BCUT2D eigenvalue weighted by molar-refractivity contribution is 5.60. The quantitative estimate of drug-likeness (QED) is 0.489. The van der Waals surface area contributed by atoms with Crippen molar-refractivity contribution in [3.8, 4) is 17.1 Å². The van der Waals surface area contributed by atoms with E-state index in [1.807, 2.05) is 49.7 Å². The summed E-state index contributed by atoms with van der Waals surface area (Å²) in [6.07, 6.45) is 3.56. The minimum absolute atomic E-state index is 0.216. The standard InChI is InChI=1S/C23H23FN6O/c1-14-10-20(28-29-23(14)26-16(3)17-6-4-5-7-18(17)24)19-8-9-22(21(12-31)27-19)30-11-15(2)25-13-30/h4-11,13,16,31H,12H2,1-3H3,(H,26,29)/t16-/m0/s1. The third kappa shape index (κ3) is 4.29. The van der Waals surface area contributed by atoms with Crippen LogP contribution in [0.4, 0.5) is 10.2 Å². The fourth-order valence-corrected chi connectivity index (χ4v) is 3.40. The molecule has 0 fully saturated rings. The van der Waals surface area contributed by atoms with Crippen LogP contribution in [-0.4, -0.2) is 29.8 Å². The van der Waals surface area contributed by atoms with Gasteiger partial charge in [0.25, 0.3) is 0 Å². The molecule has 0 saturated heterocycles. The molecular weight excluding hydrogens is 395 g/mol. The molecule has 0 aliphatic heterocycles. The van der Waals surface area contributed by atoms with Gasteiger partial charge in [-0.1, -0.05) is 18.2 Å². The lowest BCUT2D eigenvalue weighted by Gasteiger charge is -2.17. The first-order chi connectivity index (χ1) is 15.0. The van der Waals surface area contributed by atoms with E-state index in [1.165, 1.54) is 6.07 Å². The molecule has 0 unspecified atom stereocenters. The van der Waals surface area contributed by atoms with Crippen molar-refractivity contribution in [3.63, 3.8) is 0 Å². The number of aliphatic hydroxyl groups excluding tert-OH is 1. The van der Waals surface area contributed by atoms with Crippen molar-refractivity contribution >= 4 is 5.82 Å². The van der Waals surface area contributed by atoms with E-state index in [9.17, 15) is 9.50 Å². The molecule has 1 aromatic carbocycles. The highest BCUT2D eigenvalue weighted by atomic mass is 19.1.